The summed E-state index contributed by atoms with van der Waals surface area (Å²) >= 11 is 0. The number of benzene rings is 2. The molecule has 3 aromatic heterocycles. The van der Waals surface area contributed by atoms with Gasteiger partial charge in [0.1, 0.15) is 11.5 Å². The van der Waals surface area contributed by atoms with Gasteiger partial charge in [-0.15, -0.1) is 0 Å². The van der Waals surface area contributed by atoms with Crippen LogP contribution in [0.1, 0.15) is 10.4 Å². The zero-order valence-electron chi connectivity index (χ0n) is 17.1. The average molecular weight is 409 g/mol. The maximum absolute atomic E-state index is 11.7. The molecule has 0 saturated carbocycles. The highest BCUT2D eigenvalue weighted by Gasteiger charge is 2.16. The standard InChI is InChI=1S/C25H19N3O3/c1-30-22-10-9-16(12-23(22)31-2)20-14-28(25-19(20)7-5-11-26-25)24-13-17(15-29)18-6-3-4-8-21(18)27-24/h3-15H,1-2H3. The molecule has 6 heteroatoms. The zero-order valence-corrected chi connectivity index (χ0v) is 17.1. The van der Waals surface area contributed by atoms with E-state index in [9.17, 15) is 4.79 Å². The Kier molecular flexibility index (Phi) is 4.59. The average Bonchev–Trinajstić information content (AvgIpc) is 3.22. The number of fused-ring (bicyclic) bond motifs is 2. The van der Waals surface area contributed by atoms with Crippen LogP contribution in [0.2, 0.25) is 0 Å². The lowest BCUT2D eigenvalue weighted by Crippen LogP contribution is -1.99. The lowest BCUT2D eigenvalue weighted by molar-refractivity contribution is 0.112. The van der Waals surface area contributed by atoms with Crippen molar-refractivity contribution < 1.29 is 14.3 Å². The number of rotatable bonds is 5. The van der Waals surface area contributed by atoms with E-state index in [-0.39, 0.29) is 0 Å². The van der Waals surface area contributed by atoms with Crippen molar-refractivity contribution in [1.82, 2.24) is 14.5 Å². The molecule has 0 spiro atoms. The number of carbonyl (C=O) groups excluding carboxylic acids is 1. The summed E-state index contributed by atoms with van der Waals surface area (Å²) in [4.78, 5) is 21.1. The van der Waals surface area contributed by atoms with Gasteiger partial charge in [0, 0.05) is 34.3 Å². The Morgan fingerprint density at radius 2 is 1.71 bits per heavy atom. The maximum Gasteiger partial charge on any atom is 0.161 e. The first-order chi connectivity index (χ1) is 15.2. The third kappa shape index (κ3) is 3.09. The van der Waals surface area contributed by atoms with Crippen molar-refractivity contribution in [2.75, 3.05) is 14.2 Å². The van der Waals surface area contributed by atoms with Gasteiger partial charge in [-0.3, -0.25) is 9.36 Å². The Labute approximate surface area is 178 Å². The number of para-hydroxylation sites is 1. The Balaban J connectivity index is 1.76. The summed E-state index contributed by atoms with van der Waals surface area (Å²) in [7, 11) is 3.23. The zero-order chi connectivity index (χ0) is 21.4. The number of carbonyl (C=O) groups is 1. The first-order valence-electron chi connectivity index (χ1n) is 9.77. The van der Waals surface area contributed by atoms with Gasteiger partial charge in [0.15, 0.2) is 17.8 Å². The van der Waals surface area contributed by atoms with Gasteiger partial charge in [0.05, 0.1) is 19.7 Å². The number of nitrogens with zero attached hydrogens (tertiary/aromatic N) is 3. The Morgan fingerprint density at radius 3 is 2.52 bits per heavy atom. The van der Waals surface area contributed by atoms with Crippen molar-refractivity contribution in [3.8, 4) is 28.4 Å². The Morgan fingerprint density at radius 1 is 0.903 bits per heavy atom. The minimum absolute atomic E-state index is 0.589. The van der Waals surface area contributed by atoms with Crippen molar-refractivity contribution in [3.63, 3.8) is 0 Å². The fraction of sp³-hybridized carbons (Fsp3) is 0.0800. The molecule has 0 amide bonds. The Bertz CT molecular complexity index is 1440. The van der Waals surface area contributed by atoms with E-state index >= 15 is 0 Å². The molecular weight excluding hydrogens is 390 g/mol. The molecule has 0 aliphatic carbocycles. The predicted molar refractivity (Wildman–Crippen MR) is 120 cm³/mol. The van der Waals surface area contributed by atoms with E-state index in [1.54, 1.807) is 26.5 Å². The molecule has 5 aromatic rings. The third-order valence-electron chi connectivity index (χ3n) is 5.37. The number of hydrogen-bond donors (Lipinski definition) is 0. The molecular formula is C25H19N3O3. The van der Waals surface area contributed by atoms with E-state index in [0.29, 0.717) is 22.9 Å². The molecule has 0 fully saturated rings. The minimum Gasteiger partial charge on any atom is -0.493 e. The highest BCUT2D eigenvalue weighted by atomic mass is 16.5. The second-order valence-corrected chi connectivity index (χ2v) is 7.06. The summed E-state index contributed by atoms with van der Waals surface area (Å²) in [6.45, 7) is 0. The number of aromatic nitrogens is 3. The van der Waals surface area contributed by atoms with Crippen LogP contribution in [0, 0.1) is 0 Å². The van der Waals surface area contributed by atoms with Gasteiger partial charge >= 0.3 is 0 Å². The van der Waals surface area contributed by atoms with E-state index in [0.717, 1.165) is 39.3 Å². The van der Waals surface area contributed by atoms with E-state index < -0.39 is 0 Å². The molecule has 0 N–H and O–H groups in total. The minimum atomic E-state index is 0.589. The first-order valence-corrected chi connectivity index (χ1v) is 9.77. The predicted octanol–water partition coefficient (Wildman–Crippen LogP) is 5.07. The number of methoxy groups -OCH3 is 2. The first kappa shape index (κ1) is 18.8. The number of pyridine rings is 2. The summed E-state index contributed by atoms with van der Waals surface area (Å²) in [6.07, 6.45) is 4.60. The van der Waals surface area contributed by atoms with Crippen molar-refractivity contribution >= 4 is 28.2 Å². The van der Waals surface area contributed by atoms with Crippen LogP contribution < -0.4 is 9.47 Å². The second kappa shape index (κ2) is 7.57. The summed E-state index contributed by atoms with van der Waals surface area (Å²) in [5.41, 5.74) is 4.04. The largest absolute Gasteiger partial charge is 0.493 e. The molecule has 0 radical (unpaired) electrons. The summed E-state index contributed by atoms with van der Waals surface area (Å²) in [5.74, 6) is 1.95. The number of aldehydes is 1. The van der Waals surface area contributed by atoms with E-state index in [1.807, 2.05) is 65.4 Å². The van der Waals surface area contributed by atoms with Crippen molar-refractivity contribution in [2.24, 2.45) is 0 Å². The molecule has 0 atom stereocenters. The van der Waals surface area contributed by atoms with Crippen LogP contribution >= 0.6 is 0 Å². The lowest BCUT2D eigenvalue weighted by Gasteiger charge is -2.09. The molecule has 0 saturated heterocycles. The van der Waals surface area contributed by atoms with Gasteiger partial charge in [-0.1, -0.05) is 24.3 Å². The van der Waals surface area contributed by atoms with Gasteiger partial charge in [-0.25, -0.2) is 9.97 Å². The normalized spacial score (nSPS) is 11.0. The Hall–Kier alpha value is -4.19. The van der Waals surface area contributed by atoms with E-state index in [1.165, 1.54) is 0 Å². The third-order valence-corrected chi connectivity index (χ3v) is 5.37. The van der Waals surface area contributed by atoms with Gasteiger partial charge in [0.25, 0.3) is 0 Å². The van der Waals surface area contributed by atoms with Crippen molar-refractivity contribution in [3.05, 3.63) is 78.6 Å². The van der Waals surface area contributed by atoms with Crippen LogP contribution in [-0.4, -0.2) is 35.0 Å². The molecule has 5 rings (SSSR count). The fourth-order valence-electron chi connectivity index (χ4n) is 3.88. The molecule has 2 aromatic carbocycles. The molecule has 0 aliphatic heterocycles. The fourth-order valence-corrected chi connectivity index (χ4v) is 3.88. The monoisotopic (exact) mass is 409 g/mol. The molecule has 6 nitrogen and oxygen atoms in total. The van der Waals surface area contributed by atoms with Crippen LogP contribution in [-0.2, 0) is 0 Å². The van der Waals surface area contributed by atoms with E-state index in [2.05, 4.69) is 4.98 Å². The molecule has 0 bridgehead atoms. The number of hydrogen-bond acceptors (Lipinski definition) is 5. The van der Waals surface area contributed by atoms with Crippen LogP contribution in [0.5, 0.6) is 11.5 Å². The molecule has 3 heterocycles. The highest BCUT2D eigenvalue weighted by Crippen LogP contribution is 2.37. The van der Waals surface area contributed by atoms with Crippen molar-refractivity contribution in [2.45, 2.75) is 0 Å². The topological polar surface area (TPSA) is 66.2 Å². The second-order valence-electron chi connectivity index (χ2n) is 7.06. The highest BCUT2D eigenvalue weighted by molar-refractivity contribution is 5.98. The van der Waals surface area contributed by atoms with Gasteiger partial charge in [0.2, 0.25) is 0 Å². The quantitative estimate of drug-likeness (QED) is 0.379. The van der Waals surface area contributed by atoms with E-state index in [4.69, 9.17) is 14.5 Å². The SMILES string of the molecule is COc1ccc(-c2cn(-c3cc(C=O)c4ccccc4n3)c3ncccc23)cc1OC. The van der Waals surface area contributed by atoms with Gasteiger partial charge in [-0.05, 0) is 42.0 Å². The van der Waals surface area contributed by atoms with Crippen molar-refractivity contribution in [1.29, 1.82) is 0 Å². The molecule has 152 valence electrons. The summed E-state index contributed by atoms with van der Waals surface area (Å²) in [5, 5.41) is 1.79. The molecule has 31 heavy (non-hydrogen) atoms. The summed E-state index contributed by atoms with van der Waals surface area (Å²) < 4.78 is 12.8. The van der Waals surface area contributed by atoms with Crippen LogP contribution in [0.4, 0.5) is 0 Å². The van der Waals surface area contributed by atoms with Crippen LogP contribution in [0.25, 0.3) is 38.9 Å². The lowest BCUT2D eigenvalue weighted by atomic mass is 10.1. The van der Waals surface area contributed by atoms with Crippen LogP contribution in [0.3, 0.4) is 0 Å². The maximum atomic E-state index is 11.7. The van der Waals surface area contributed by atoms with Crippen LogP contribution in [0.15, 0.2) is 73.1 Å². The molecule has 0 aliphatic rings. The smallest absolute Gasteiger partial charge is 0.161 e. The van der Waals surface area contributed by atoms with Gasteiger partial charge < -0.3 is 9.47 Å². The number of ether oxygens (including phenoxy) is 2. The van der Waals surface area contributed by atoms with Gasteiger partial charge in [-0.2, -0.15) is 0 Å². The molecule has 0 unspecified atom stereocenters. The summed E-state index contributed by atoms with van der Waals surface area (Å²) in [6, 6.07) is 19.1.